The van der Waals surface area contributed by atoms with E-state index in [4.69, 9.17) is 9.84 Å². The van der Waals surface area contributed by atoms with Crippen molar-refractivity contribution in [2.75, 3.05) is 26.8 Å². The molecular weight excluding hydrogens is 280 g/mol. The summed E-state index contributed by atoms with van der Waals surface area (Å²) in [5.74, 6) is -2.72. The Morgan fingerprint density at radius 1 is 1.38 bits per heavy atom. The topological polar surface area (TPSA) is 109 Å². The minimum Gasteiger partial charge on any atom is -0.503 e. The van der Waals surface area contributed by atoms with Crippen LogP contribution in [-0.4, -0.2) is 58.4 Å². The molecule has 1 aromatic rings. The van der Waals surface area contributed by atoms with E-state index in [0.29, 0.717) is 32.7 Å². The van der Waals surface area contributed by atoms with Gasteiger partial charge in [0.15, 0.2) is 11.4 Å². The highest BCUT2D eigenvalue weighted by Crippen LogP contribution is 2.20. The van der Waals surface area contributed by atoms with E-state index in [9.17, 15) is 19.5 Å². The number of carboxylic acids is 1. The molecule has 0 saturated carbocycles. The van der Waals surface area contributed by atoms with E-state index in [1.165, 1.54) is 9.47 Å². The maximum Gasteiger partial charge on any atom is 0.341 e. The predicted molar refractivity (Wildman–Crippen MR) is 71.7 cm³/mol. The van der Waals surface area contributed by atoms with Gasteiger partial charge in [-0.05, 0) is 6.42 Å². The van der Waals surface area contributed by atoms with Crippen molar-refractivity contribution in [2.45, 2.75) is 13.0 Å². The van der Waals surface area contributed by atoms with E-state index in [1.54, 1.807) is 7.11 Å². The first-order valence-corrected chi connectivity index (χ1v) is 6.45. The number of aromatic carboxylic acids is 1. The Balaban J connectivity index is 2.36. The fraction of sp³-hybridized carbons (Fsp3) is 0.462. The number of aromatic hydroxyl groups is 1. The number of nitrogens with zero attached hydrogens (tertiary/aromatic N) is 2. The molecule has 1 amide bonds. The molecule has 0 atom stereocenters. The summed E-state index contributed by atoms with van der Waals surface area (Å²) in [6.45, 7) is 1.65. The van der Waals surface area contributed by atoms with Gasteiger partial charge < -0.3 is 24.4 Å². The molecule has 114 valence electrons. The normalized spacial score (nSPS) is 14.1. The standard InChI is InChI=1S/C13H16N2O6/c1-21-6-2-3-14-4-5-15-7-8(13(19)20)10(16)11(17)9(15)12(14)18/h7,17H,2-6H2,1H3,(H,19,20). The summed E-state index contributed by atoms with van der Waals surface area (Å²) in [5.41, 5.74) is -1.74. The number of hydrogen-bond acceptors (Lipinski definition) is 5. The molecule has 8 nitrogen and oxygen atoms in total. The number of ether oxygens (including phenoxy) is 1. The highest BCUT2D eigenvalue weighted by molar-refractivity contribution is 5.97. The highest BCUT2D eigenvalue weighted by atomic mass is 16.5. The molecule has 0 bridgehead atoms. The van der Waals surface area contributed by atoms with Crippen molar-refractivity contribution in [3.8, 4) is 5.75 Å². The number of amides is 1. The molecule has 0 saturated heterocycles. The summed E-state index contributed by atoms with van der Waals surface area (Å²) in [6.07, 6.45) is 1.74. The SMILES string of the molecule is COCCCN1CCn2cc(C(=O)O)c(=O)c(O)c2C1=O. The smallest absolute Gasteiger partial charge is 0.341 e. The number of carboxylic acid groups (broad SMARTS) is 1. The van der Waals surface area contributed by atoms with Crippen LogP contribution in [0, 0.1) is 0 Å². The lowest BCUT2D eigenvalue weighted by Gasteiger charge is -2.30. The van der Waals surface area contributed by atoms with Gasteiger partial charge >= 0.3 is 5.97 Å². The lowest BCUT2D eigenvalue weighted by atomic mass is 10.1. The molecule has 1 aliphatic rings. The van der Waals surface area contributed by atoms with E-state index < -0.39 is 28.6 Å². The number of carbonyl (C=O) groups is 2. The molecule has 0 spiro atoms. The Hall–Kier alpha value is -2.35. The summed E-state index contributed by atoms with van der Waals surface area (Å²) in [6, 6.07) is 0. The second kappa shape index (κ2) is 5.96. The Morgan fingerprint density at radius 2 is 2.10 bits per heavy atom. The van der Waals surface area contributed by atoms with Crippen LogP contribution in [0.15, 0.2) is 11.0 Å². The molecule has 0 aromatic carbocycles. The number of aromatic nitrogens is 1. The second-order valence-electron chi connectivity index (χ2n) is 4.71. The van der Waals surface area contributed by atoms with Crippen LogP contribution in [-0.2, 0) is 11.3 Å². The minimum absolute atomic E-state index is 0.159. The van der Waals surface area contributed by atoms with Gasteiger partial charge in [-0.2, -0.15) is 0 Å². The van der Waals surface area contributed by atoms with E-state index in [2.05, 4.69) is 0 Å². The third-order valence-corrected chi connectivity index (χ3v) is 3.36. The molecule has 0 aliphatic carbocycles. The Kier molecular flexibility index (Phi) is 4.27. The molecule has 1 aromatic heterocycles. The Bertz CT molecular complexity index is 636. The Morgan fingerprint density at radius 3 is 2.71 bits per heavy atom. The van der Waals surface area contributed by atoms with E-state index in [1.807, 2.05) is 0 Å². The number of hydrogen-bond donors (Lipinski definition) is 2. The zero-order valence-electron chi connectivity index (χ0n) is 11.5. The monoisotopic (exact) mass is 296 g/mol. The maximum absolute atomic E-state index is 12.3. The van der Waals surface area contributed by atoms with Crippen molar-refractivity contribution in [3.63, 3.8) is 0 Å². The second-order valence-corrected chi connectivity index (χ2v) is 4.71. The van der Waals surface area contributed by atoms with E-state index >= 15 is 0 Å². The van der Waals surface area contributed by atoms with Gasteiger partial charge in [-0.3, -0.25) is 9.59 Å². The van der Waals surface area contributed by atoms with Crippen molar-refractivity contribution >= 4 is 11.9 Å². The summed E-state index contributed by atoms with van der Waals surface area (Å²) < 4.78 is 6.23. The number of pyridine rings is 1. The van der Waals surface area contributed by atoms with Crippen LogP contribution in [0.5, 0.6) is 5.75 Å². The Labute approximate surface area is 120 Å². The van der Waals surface area contributed by atoms with Gasteiger partial charge in [0.05, 0.1) is 0 Å². The molecule has 0 radical (unpaired) electrons. The number of methoxy groups -OCH3 is 1. The molecule has 2 N–H and O–H groups in total. The van der Waals surface area contributed by atoms with Crippen molar-refractivity contribution in [2.24, 2.45) is 0 Å². The first-order valence-electron chi connectivity index (χ1n) is 6.45. The molecule has 2 rings (SSSR count). The maximum atomic E-state index is 12.3. The summed E-state index contributed by atoms with van der Waals surface area (Å²) in [5, 5.41) is 18.8. The van der Waals surface area contributed by atoms with Crippen LogP contribution in [0.4, 0.5) is 0 Å². The molecular formula is C13H16N2O6. The van der Waals surface area contributed by atoms with E-state index in [0.717, 1.165) is 6.20 Å². The molecule has 21 heavy (non-hydrogen) atoms. The van der Waals surface area contributed by atoms with Gasteiger partial charge in [0.2, 0.25) is 5.43 Å². The number of fused-ring (bicyclic) bond motifs is 1. The summed E-state index contributed by atoms with van der Waals surface area (Å²) >= 11 is 0. The van der Waals surface area contributed by atoms with Gasteiger partial charge in [-0.25, -0.2) is 4.79 Å². The molecule has 1 aliphatic heterocycles. The van der Waals surface area contributed by atoms with Crippen LogP contribution in [0.3, 0.4) is 0 Å². The van der Waals surface area contributed by atoms with Crippen molar-refractivity contribution < 1.29 is 24.5 Å². The number of rotatable bonds is 5. The van der Waals surface area contributed by atoms with Crippen LogP contribution in [0.25, 0.3) is 0 Å². The van der Waals surface area contributed by atoms with Crippen LogP contribution in [0.1, 0.15) is 27.3 Å². The van der Waals surface area contributed by atoms with Gasteiger partial charge in [0.1, 0.15) is 5.56 Å². The largest absolute Gasteiger partial charge is 0.503 e. The molecule has 2 heterocycles. The predicted octanol–water partition coefficient (Wildman–Crippen LogP) is -0.256. The quantitative estimate of drug-likeness (QED) is 0.725. The van der Waals surface area contributed by atoms with Crippen molar-refractivity contribution in [3.05, 3.63) is 27.7 Å². The van der Waals surface area contributed by atoms with Gasteiger partial charge in [0.25, 0.3) is 5.91 Å². The lowest BCUT2D eigenvalue weighted by molar-refractivity contribution is 0.0659. The van der Waals surface area contributed by atoms with Crippen molar-refractivity contribution in [1.29, 1.82) is 0 Å². The lowest BCUT2D eigenvalue weighted by Crippen LogP contribution is -2.42. The van der Waals surface area contributed by atoms with Crippen molar-refractivity contribution in [1.82, 2.24) is 9.47 Å². The molecule has 0 unspecified atom stereocenters. The minimum atomic E-state index is -1.43. The van der Waals surface area contributed by atoms with Crippen LogP contribution < -0.4 is 5.43 Å². The summed E-state index contributed by atoms with van der Waals surface area (Å²) in [4.78, 5) is 36.5. The summed E-state index contributed by atoms with van der Waals surface area (Å²) in [7, 11) is 1.56. The first kappa shape index (κ1) is 15.0. The fourth-order valence-corrected chi connectivity index (χ4v) is 2.30. The van der Waals surface area contributed by atoms with Crippen LogP contribution >= 0.6 is 0 Å². The van der Waals surface area contributed by atoms with Crippen LogP contribution in [0.2, 0.25) is 0 Å². The third kappa shape index (κ3) is 2.75. The zero-order valence-corrected chi connectivity index (χ0v) is 11.5. The third-order valence-electron chi connectivity index (χ3n) is 3.36. The molecule has 8 heteroatoms. The van der Waals surface area contributed by atoms with Gasteiger partial charge in [-0.1, -0.05) is 0 Å². The molecule has 0 fully saturated rings. The highest BCUT2D eigenvalue weighted by Gasteiger charge is 2.30. The van der Waals surface area contributed by atoms with Gasteiger partial charge in [0, 0.05) is 39.5 Å². The van der Waals surface area contributed by atoms with Gasteiger partial charge in [-0.15, -0.1) is 0 Å². The average molecular weight is 296 g/mol. The fourth-order valence-electron chi connectivity index (χ4n) is 2.30. The number of carbonyl (C=O) groups excluding carboxylic acids is 1. The average Bonchev–Trinajstić information content (AvgIpc) is 2.44. The zero-order chi connectivity index (χ0) is 15.6. The van der Waals surface area contributed by atoms with E-state index in [-0.39, 0.29) is 5.69 Å². The first-order chi connectivity index (χ1) is 9.97.